The van der Waals surface area contributed by atoms with Gasteiger partial charge in [0.15, 0.2) is 0 Å². The van der Waals surface area contributed by atoms with E-state index in [0.29, 0.717) is 5.82 Å². The number of piperidine rings is 1. The normalized spacial score (nSPS) is 17.8. The van der Waals surface area contributed by atoms with Crippen molar-refractivity contribution in [1.29, 1.82) is 0 Å². The number of hydrogen-bond acceptors (Lipinski definition) is 6. The zero-order valence-electron chi connectivity index (χ0n) is 13.3. The van der Waals surface area contributed by atoms with Gasteiger partial charge in [0.05, 0.1) is 4.88 Å². The van der Waals surface area contributed by atoms with Gasteiger partial charge in [0, 0.05) is 0 Å². The molecule has 0 saturated carbocycles. The molecule has 0 amide bonds. The third kappa shape index (κ3) is 2.53. The highest BCUT2D eigenvalue weighted by atomic mass is 32.1. The van der Waals surface area contributed by atoms with Crippen LogP contribution in [0.4, 0.5) is 0 Å². The number of furan rings is 1. The van der Waals surface area contributed by atoms with Crippen molar-refractivity contribution in [3.63, 3.8) is 0 Å². The maximum absolute atomic E-state index is 10.7. The highest BCUT2D eigenvalue weighted by Gasteiger charge is 2.32. The summed E-state index contributed by atoms with van der Waals surface area (Å²) in [4.78, 5) is 8.35. The number of hydrogen-bond donors (Lipinski definition) is 1. The van der Waals surface area contributed by atoms with Gasteiger partial charge in [-0.25, -0.2) is 4.98 Å². The van der Waals surface area contributed by atoms with E-state index in [0.717, 1.165) is 34.4 Å². The van der Waals surface area contributed by atoms with E-state index in [9.17, 15) is 5.11 Å². The third-order valence-corrected chi connectivity index (χ3v) is 5.41. The number of thiazole rings is 1. The van der Waals surface area contributed by atoms with Crippen LogP contribution in [0.5, 0.6) is 5.88 Å². The first-order chi connectivity index (χ1) is 11.1. The molecule has 0 spiro atoms. The minimum Gasteiger partial charge on any atom is -0.492 e. The lowest BCUT2D eigenvalue weighted by Crippen LogP contribution is -2.33. The Labute approximate surface area is 138 Å². The van der Waals surface area contributed by atoms with Gasteiger partial charge >= 0.3 is 0 Å². The van der Waals surface area contributed by atoms with E-state index >= 15 is 0 Å². The number of aromatic hydroxyl groups is 1. The molecular weight excluding hydrogens is 312 g/mol. The van der Waals surface area contributed by atoms with Crippen LogP contribution in [0.1, 0.15) is 47.5 Å². The van der Waals surface area contributed by atoms with E-state index in [1.54, 1.807) is 0 Å². The lowest BCUT2D eigenvalue weighted by atomic mass is 10.1. The van der Waals surface area contributed by atoms with Gasteiger partial charge in [0.2, 0.25) is 10.8 Å². The van der Waals surface area contributed by atoms with E-state index in [-0.39, 0.29) is 11.9 Å². The molecule has 0 bridgehead atoms. The van der Waals surface area contributed by atoms with Gasteiger partial charge in [0.25, 0.3) is 0 Å². The van der Waals surface area contributed by atoms with Crippen LogP contribution in [0, 0.1) is 13.8 Å². The largest absolute Gasteiger partial charge is 0.492 e. The Morgan fingerprint density at radius 2 is 2.00 bits per heavy atom. The van der Waals surface area contributed by atoms with Gasteiger partial charge in [0.1, 0.15) is 23.4 Å². The molecule has 0 aliphatic carbocycles. The average Bonchev–Trinajstić information content (AvgIpc) is 3.19. The second kappa shape index (κ2) is 5.65. The van der Waals surface area contributed by atoms with Crippen LogP contribution in [0.25, 0.3) is 4.96 Å². The molecule has 1 fully saturated rings. The molecule has 6 nitrogen and oxygen atoms in total. The number of aromatic nitrogens is 3. The molecule has 3 aromatic heterocycles. The molecule has 23 heavy (non-hydrogen) atoms. The summed E-state index contributed by atoms with van der Waals surface area (Å²) in [6, 6.07) is 3.91. The smallest absolute Gasteiger partial charge is 0.230 e. The van der Waals surface area contributed by atoms with E-state index in [1.807, 2.05) is 26.0 Å². The molecule has 1 saturated heterocycles. The van der Waals surface area contributed by atoms with Gasteiger partial charge in [-0.1, -0.05) is 17.8 Å². The number of nitrogens with zero attached hydrogens (tertiary/aromatic N) is 4. The van der Waals surface area contributed by atoms with Crippen molar-refractivity contribution in [3.05, 3.63) is 34.4 Å². The fourth-order valence-corrected chi connectivity index (χ4v) is 4.42. The topological polar surface area (TPSA) is 66.8 Å². The first-order valence-corrected chi connectivity index (χ1v) is 8.80. The maximum atomic E-state index is 10.7. The second-order valence-corrected chi connectivity index (χ2v) is 7.10. The molecule has 1 aliphatic heterocycles. The van der Waals surface area contributed by atoms with Crippen molar-refractivity contribution in [2.45, 2.75) is 39.2 Å². The minimum absolute atomic E-state index is 0.0715. The van der Waals surface area contributed by atoms with Gasteiger partial charge in [-0.15, -0.1) is 5.10 Å². The number of aryl methyl sites for hydroxylation is 2. The van der Waals surface area contributed by atoms with E-state index in [1.165, 1.54) is 35.1 Å². The Morgan fingerprint density at radius 1 is 1.22 bits per heavy atom. The highest BCUT2D eigenvalue weighted by Crippen LogP contribution is 2.41. The lowest BCUT2D eigenvalue weighted by Gasteiger charge is -2.32. The standard InChI is InChI=1S/C16H20N4O2S/c1-10-6-7-12(22-10)13(19-8-4-3-5-9-19)14-15(21)20-16(23-14)17-11(2)18-20/h6-7,13,21H,3-5,8-9H2,1-2H3. The van der Waals surface area contributed by atoms with Crippen molar-refractivity contribution in [1.82, 2.24) is 19.5 Å². The third-order valence-electron chi connectivity index (χ3n) is 4.34. The highest BCUT2D eigenvalue weighted by molar-refractivity contribution is 7.17. The van der Waals surface area contributed by atoms with Crippen LogP contribution in [0.15, 0.2) is 16.5 Å². The second-order valence-electron chi connectivity index (χ2n) is 6.09. The summed E-state index contributed by atoms with van der Waals surface area (Å²) >= 11 is 1.49. The van der Waals surface area contributed by atoms with Crippen molar-refractivity contribution in [2.24, 2.45) is 0 Å². The number of rotatable bonds is 3. The quantitative estimate of drug-likeness (QED) is 0.797. The van der Waals surface area contributed by atoms with E-state index < -0.39 is 0 Å². The number of likely N-dealkylation sites (tertiary alicyclic amines) is 1. The monoisotopic (exact) mass is 332 g/mol. The summed E-state index contributed by atoms with van der Waals surface area (Å²) in [5.41, 5.74) is 0. The van der Waals surface area contributed by atoms with Crippen LogP contribution in [-0.4, -0.2) is 37.7 Å². The van der Waals surface area contributed by atoms with Gasteiger partial charge in [-0.05, 0) is 51.9 Å². The fourth-order valence-electron chi connectivity index (χ4n) is 3.28. The minimum atomic E-state index is -0.0715. The van der Waals surface area contributed by atoms with Crippen molar-refractivity contribution < 1.29 is 9.52 Å². The van der Waals surface area contributed by atoms with Crippen LogP contribution in [-0.2, 0) is 0 Å². The molecule has 3 aromatic rings. The predicted octanol–water partition coefficient (Wildman–Crippen LogP) is 3.28. The molecule has 1 unspecified atom stereocenters. The summed E-state index contributed by atoms with van der Waals surface area (Å²) in [7, 11) is 0. The summed E-state index contributed by atoms with van der Waals surface area (Å²) in [6.45, 7) is 5.80. The maximum Gasteiger partial charge on any atom is 0.230 e. The predicted molar refractivity (Wildman–Crippen MR) is 88.0 cm³/mol. The van der Waals surface area contributed by atoms with Gasteiger partial charge in [-0.3, -0.25) is 4.90 Å². The Balaban J connectivity index is 1.82. The van der Waals surface area contributed by atoms with Crippen LogP contribution < -0.4 is 0 Å². The van der Waals surface area contributed by atoms with Crippen molar-refractivity contribution in [2.75, 3.05) is 13.1 Å². The molecule has 122 valence electrons. The molecule has 0 aromatic carbocycles. The first kappa shape index (κ1) is 14.7. The summed E-state index contributed by atoms with van der Waals surface area (Å²) in [6.07, 6.45) is 3.62. The number of fused-ring (bicyclic) bond motifs is 1. The molecule has 4 rings (SSSR count). The van der Waals surface area contributed by atoms with Crippen molar-refractivity contribution in [3.8, 4) is 5.88 Å². The Morgan fingerprint density at radius 3 is 2.65 bits per heavy atom. The zero-order chi connectivity index (χ0) is 16.0. The van der Waals surface area contributed by atoms with Crippen molar-refractivity contribution >= 4 is 16.3 Å². The molecule has 1 N–H and O–H groups in total. The Kier molecular flexibility index (Phi) is 3.61. The molecule has 0 radical (unpaired) electrons. The fraction of sp³-hybridized carbons (Fsp3) is 0.500. The lowest BCUT2D eigenvalue weighted by molar-refractivity contribution is 0.168. The van der Waals surface area contributed by atoms with E-state index in [4.69, 9.17) is 4.42 Å². The van der Waals surface area contributed by atoms with Crippen LogP contribution in [0.3, 0.4) is 0 Å². The molecular formula is C16H20N4O2S. The molecule has 4 heterocycles. The van der Waals surface area contributed by atoms with Gasteiger partial charge < -0.3 is 9.52 Å². The average molecular weight is 332 g/mol. The Hall–Kier alpha value is -1.86. The summed E-state index contributed by atoms with van der Waals surface area (Å²) in [5.74, 6) is 2.61. The van der Waals surface area contributed by atoms with E-state index in [2.05, 4.69) is 15.0 Å². The first-order valence-electron chi connectivity index (χ1n) is 7.99. The summed E-state index contributed by atoms with van der Waals surface area (Å²) in [5, 5.41) is 15.0. The SMILES string of the molecule is Cc1nc2sc(C(c3ccc(C)o3)N3CCCCC3)c(O)n2n1. The Bertz CT molecular complexity index is 828. The van der Waals surface area contributed by atoms with Crippen LogP contribution >= 0.6 is 11.3 Å². The van der Waals surface area contributed by atoms with Gasteiger partial charge in [-0.2, -0.15) is 4.52 Å². The molecule has 1 atom stereocenters. The summed E-state index contributed by atoms with van der Waals surface area (Å²) < 4.78 is 7.44. The zero-order valence-corrected chi connectivity index (χ0v) is 14.1. The molecule has 1 aliphatic rings. The molecule has 7 heteroatoms. The van der Waals surface area contributed by atoms with Crippen LogP contribution in [0.2, 0.25) is 0 Å².